The summed E-state index contributed by atoms with van der Waals surface area (Å²) in [6.07, 6.45) is 0. The molecule has 1 heterocycles. The van der Waals surface area contributed by atoms with Crippen molar-refractivity contribution >= 4 is 5.97 Å². The minimum Gasteiger partial charge on any atom is -0.354 e. The van der Waals surface area contributed by atoms with Gasteiger partial charge in [-0.15, -0.1) is 0 Å². The zero-order valence-electron chi connectivity index (χ0n) is 3.02. The monoisotopic (exact) mass is 88.0 g/mol. The molecular weight excluding hydrogens is 84.0 g/mol. The summed E-state index contributed by atoms with van der Waals surface area (Å²) in [5, 5.41) is 0. The number of hydrogen-bond donors (Lipinski definition) is 2. The maximum absolute atomic E-state index is 9.90. The van der Waals surface area contributed by atoms with Crippen LogP contribution in [0.3, 0.4) is 0 Å². The predicted molar refractivity (Wildman–Crippen MR) is 17.2 cm³/mol. The highest BCUT2D eigenvalue weighted by atomic mass is 16.7. The van der Waals surface area contributed by atoms with Crippen LogP contribution < -0.4 is 11.0 Å². The topological polar surface area (TPSA) is 50.4 Å². The van der Waals surface area contributed by atoms with Crippen LogP contribution in [0.5, 0.6) is 0 Å². The van der Waals surface area contributed by atoms with Crippen LogP contribution in [-0.4, -0.2) is 12.5 Å². The molecule has 4 nitrogen and oxygen atoms in total. The van der Waals surface area contributed by atoms with Gasteiger partial charge in [-0.05, 0) is 0 Å². The molecule has 0 aliphatic carbocycles. The minimum atomic E-state index is -0.269. The first-order chi connectivity index (χ1) is 2.89. The molecule has 0 amide bonds. The van der Waals surface area contributed by atoms with E-state index in [0.717, 1.165) is 0 Å². The Morgan fingerprint density at radius 2 is 2.67 bits per heavy atom. The normalized spacial score (nSPS) is 21.0. The van der Waals surface area contributed by atoms with Crippen molar-refractivity contribution < 1.29 is 9.63 Å². The van der Waals surface area contributed by atoms with E-state index in [0.29, 0.717) is 0 Å². The fourth-order valence-electron chi connectivity index (χ4n) is 0.237. The third kappa shape index (κ3) is 0.474. The van der Waals surface area contributed by atoms with Crippen molar-refractivity contribution in [2.45, 2.75) is 0 Å². The van der Waals surface area contributed by atoms with Crippen LogP contribution in [0.1, 0.15) is 0 Å². The Kier molecular flexibility index (Phi) is 0.736. The molecule has 1 fully saturated rings. The molecule has 0 spiro atoms. The molecule has 1 rings (SSSR count). The lowest BCUT2D eigenvalue weighted by Crippen LogP contribution is -2.20. The molecule has 0 bridgehead atoms. The fourth-order valence-corrected chi connectivity index (χ4v) is 0.237. The molecular formula is C2H4N2O2. The highest BCUT2D eigenvalue weighted by Gasteiger charge is 2.06. The van der Waals surface area contributed by atoms with Gasteiger partial charge in [-0.3, -0.25) is 0 Å². The van der Waals surface area contributed by atoms with Crippen LogP contribution in [0, 0.1) is 0 Å². The highest BCUT2D eigenvalue weighted by Crippen LogP contribution is 1.72. The lowest BCUT2D eigenvalue weighted by molar-refractivity contribution is -0.142. The van der Waals surface area contributed by atoms with Crippen molar-refractivity contribution in [2.24, 2.45) is 0 Å². The maximum atomic E-state index is 9.90. The Labute approximate surface area is 34.4 Å². The van der Waals surface area contributed by atoms with Gasteiger partial charge in [-0.1, -0.05) is 5.59 Å². The smallest absolute Gasteiger partial charge is 0.341 e. The number of hydrogen-bond acceptors (Lipinski definition) is 4. The number of carbonyl (C=O) groups is 1. The molecule has 1 saturated heterocycles. The van der Waals surface area contributed by atoms with E-state index in [4.69, 9.17) is 0 Å². The van der Waals surface area contributed by atoms with E-state index in [1.807, 2.05) is 0 Å². The summed E-state index contributed by atoms with van der Waals surface area (Å²) in [6.45, 7) is 0.264. The Morgan fingerprint density at radius 1 is 1.83 bits per heavy atom. The van der Waals surface area contributed by atoms with Crippen LogP contribution >= 0.6 is 0 Å². The first kappa shape index (κ1) is 3.58. The van der Waals surface area contributed by atoms with Crippen LogP contribution in [0.4, 0.5) is 0 Å². The van der Waals surface area contributed by atoms with E-state index in [1.165, 1.54) is 0 Å². The van der Waals surface area contributed by atoms with Gasteiger partial charge in [-0.2, -0.15) is 0 Å². The maximum Gasteiger partial charge on any atom is 0.341 e. The summed E-state index contributed by atoms with van der Waals surface area (Å²) in [5.41, 5.74) is 4.62. The van der Waals surface area contributed by atoms with Gasteiger partial charge < -0.3 is 4.84 Å². The molecule has 34 valence electrons. The lowest BCUT2D eigenvalue weighted by Gasteiger charge is -1.81. The van der Waals surface area contributed by atoms with Crippen molar-refractivity contribution in [1.82, 2.24) is 11.0 Å². The Hall–Kier alpha value is -0.610. The first-order valence-corrected chi connectivity index (χ1v) is 1.57. The quantitative estimate of drug-likeness (QED) is 0.380. The molecule has 1 aliphatic heterocycles. The second-order valence-corrected chi connectivity index (χ2v) is 0.930. The zero-order chi connectivity index (χ0) is 4.41. The van der Waals surface area contributed by atoms with E-state index in [9.17, 15) is 4.79 Å². The Bertz CT molecular complexity index is 63.9. The molecule has 0 aromatic heterocycles. The van der Waals surface area contributed by atoms with Gasteiger partial charge in [0, 0.05) is 0 Å². The largest absolute Gasteiger partial charge is 0.354 e. The Morgan fingerprint density at radius 3 is 2.83 bits per heavy atom. The van der Waals surface area contributed by atoms with Crippen molar-refractivity contribution in [3.63, 3.8) is 0 Å². The average Bonchev–Trinajstić information content (AvgIpc) is 1.86. The SMILES string of the molecule is O=C1CNNO1. The molecule has 0 aromatic rings. The van der Waals surface area contributed by atoms with Gasteiger partial charge in [0.2, 0.25) is 0 Å². The number of hydrazine groups is 1. The summed E-state index contributed by atoms with van der Waals surface area (Å²) < 4.78 is 0. The summed E-state index contributed by atoms with van der Waals surface area (Å²) in [5.74, 6) is -0.269. The van der Waals surface area contributed by atoms with E-state index < -0.39 is 0 Å². The molecule has 0 radical (unpaired) electrons. The van der Waals surface area contributed by atoms with Crippen LogP contribution in [0.25, 0.3) is 0 Å². The van der Waals surface area contributed by atoms with Crippen molar-refractivity contribution in [3.05, 3.63) is 0 Å². The van der Waals surface area contributed by atoms with E-state index in [-0.39, 0.29) is 12.5 Å². The van der Waals surface area contributed by atoms with Crippen LogP contribution in [-0.2, 0) is 9.63 Å². The molecule has 2 N–H and O–H groups in total. The molecule has 0 unspecified atom stereocenters. The van der Waals surface area contributed by atoms with Crippen LogP contribution in [0.2, 0.25) is 0 Å². The van der Waals surface area contributed by atoms with Crippen molar-refractivity contribution in [1.29, 1.82) is 0 Å². The molecule has 1 aliphatic rings. The molecule has 6 heavy (non-hydrogen) atoms. The number of nitrogens with one attached hydrogen (secondary N) is 2. The molecule has 0 atom stereocenters. The number of rotatable bonds is 0. The first-order valence-electron chi connectivity index (χ1n) is 1.57. The van der Waals surface area contributed by atoms with Gasteiger partial charge in [0.1, 0.15) is 6.54 Å². The lowest BCUT2D eigenvalue weighted by atomic mass is 10.7. The summed E-state index contributed by atoms with van der Waals surface area (Å²) in [6, 6.07) is 0. The van der Waals surface area contributed by atoms with Gasteiger partial charge in [0.05, 0.1) is 0 Å². The van der Waals surface area contributed by atoms with Gasteiger partial charge in [-0.25, -0.2) is 10.2 Å². The summed E-state index contributed by atoms with van der Waals surface area (Å²) in [4.78, 5) is 14.0. The second kappa shape index (κ2) is 1.24. The molecule has 0 saturated carbocycles. The third-order valence-corrected chi connectivity index (χ3v) is 0.470. The second-order valence-electron chi connectivity index (χ2n) is 0.930. The van der Waals surface area contributed by atoms with Gasteiger partial charge in [0.15, 0.2) is 0 Å². The highest BCUT2D eigenvalue weighted by molar-refractivity contribution is 5.72. The van der Waals surface area contributed by atoms with E-state index >= 15 is 0 Å². The number of carbonyl (C=O) groups excluding carboxylic acids is 1. The zero-order valence-corrected chi connectivity index (χ0v) is 3.02. The standard InChI is InChI=1S/C2H4N2O2/c5-2-1-3-4-6-2/h3-4H,1H2. The molecule has 0 aromatic carbocycles. The van der Waals surface area contributed by atoms with E-state index in [2.05, 4.69) is 15.9 Å². The summed E-state index contributed by atoms with van der Waals surface area (Å²) >= 11 is 0. The van der Waals surface area contributed by atoms with Crippen molar-refractivity contribution in [3.8, 4) is 0 Å². The predicted octanol–water partition coefficient (Wildman–Crippen LogP) is -1.45. The third-order valence-electron chi connectivity index (χ3n) is 0.470. The van der Waals surface area contributed by atoms with Crippen molar-refractivity contribution in [2.75, 3.05) is 6.54 Å². The molecule has 4 heteroatoms. The van der Waals surface area contributed by atoms with Crippen LogP contribution in [0.15, 0.2) is 0 Å². The summed E-state index contributed by atoms with van der Waals surface area (Å²) in [7, 11) is 0. The van der Waals surface area contributed by atoms with E-state index in [1.54, 1.807) is 0 Å². The Balaban J connectivity index is 2.37. The fraction of sp³-hybridized carbons (Fsp3) is 0.500. The van der Waals surface area contributed by atoms with Gasteiger partial charge >= 0.3 is 5.97 Å². The van der Waals surface area contributed by atoms with Gasteiger partial charge in [0.25, 0.3) is 0 Å². The average molecular weight is 88.1 g/mol. The minimum absolute atomic E-state index is 0.264.